The average Bonchev–Trinajstić information content (AvgIpc) is 3.09. The maximum atomic E-state index is 13.2. The number of aromatic hydroxyl groups is 1. The summed E-state index contributed by atoms with van der Waals surface area (Å²) in [5.41, 5.74) is 4.40. The zero-order chi connectivity index (χ0) is 33.8. The molecule has 3 aromatic rings. The third-order valence-electron chi connectivity index (χ3n) is 7.37. The number of benzene rings is 3. The average molecular weight is 658 g/mol. The summed E-state index contributed by atoms with van der Waals surface area (Å²) in [6.07, 6.45) is 1.07. The van der Waals surface area contributed by atoms with Crippen LogP contribution in [-0.4, -0.2) is 82.4 Å². The minimum absolute atomic E-state index is 0.0240. The summed E-state index contributed by atoms with van der Waals surface area (Å²) in [5.74, 6) is 6.10. The number of hydrogen-bond donors (Lipinski definition) is 3. The molecule has 1 heterocycles. The highest BCUT2D eigenvalue weighted by Crippen LogP contribution is 2.26. The Labute approximate surface area is 281 Å². The quantitative estimate of drug-likeness (QED) is 0.0958. The van der Waals surface area contributed by atoms with Gasteiger partial charge in [0.2, 0.25) is 17.7 Å². The Balaban J connectivity index is 0.960. The van der Waals surface area contributed by atoms with Crippen LogP contribution in [0.1, 0.15) is 41.5 Å². The van der Waals surface area contributed by atoms with Crippen LogP contribution >= 0.6 is 0 Å². The van der Waals surface area contributed by atoms with Gasteiger partial charge < -0.3 is 39.6 Å². The van der Waals surface area contributed by atoms with E-state index in [1.54, 1.807) is 17.0 Å². The van der Waals surface area contributed by atoms with Gasteiger partial charge in [0.25, 0.3) is 0 Å². The zero-order valence-electron chi connectivity index (χ0n) is 27.1. The van der Waals surface area contributed by atoms with Crippen molar-refractivity contribution in [2.75, 3.05) is 64.4 Å². The molecule has 3 N–H and O–H groups in total. The minimum Gasteiger partial charge on any atom is -0.508 e. The van der Waals surface area contributed by atoms with E-state index in [2.05, 4.69) is 22.5 Å². The van der Waals surface area contributed by atoms with Crippen LogP contribution < -0.4 is 15.5 Å². The predicted molar refractivity (Wildman–Crippen MR) is 180 cm³/mol. The number of rotatable bonds is 20. The van der Waals surface area contributed by atoms with Crippen molar-refractivity contribution in [2.45, 2.75) is 32.2 Å². The molecular weight excluding hydrogens is 614 g/mol. The van der Waals surface area contributed by atoms with Crippen molar-refractivity contribution in [1.82, 2.24) is 10.6 Å². The first-order valence-corrected chi connectivity index (χ1v) is 16.1. The summed E-state index contributed by atoms with van der Waals surface area (Å²) in [6.45, 7) is 3.43. The normalized spacial score (nSPS) is 11.7. The molecule has 0 spiro atoms. The molecule has 1 aliphatic rings. The molecule has 3 amide bonds. The lowest BCUT2D eigenvalue weighted by Crippen LogP contribution is -2.33. The van der Waals surface area contributed by atoms with Gasteiger partial charge in [0.05, 0.1) is 58.5 Å². The Bertz CT molecular complexity index is 1530. The maximum Gasteiger partial charge on any atom is 0.227 e. The first-order chi connectivity index (χ1) is 23.5. The molecular formula is C37H43N3O8. The Kier molecular flexibility index (Phi) is 15.4. The monoisotopic (exact) mass is 657 g/mol. The molecule has 0 unspecified atom stereocenters. The smallest absolute Gasteiger partial charge is 0.227 e. The van der Waals surface area contributed by atoms with Crippen LogP contribution in [0.15, 0.2) is 72.8 Å². The van der Waals surface area contributed by atoms with Crippen molar-refractivity contribution in [3.05, 3.63) is 95.1 Å². The van der Waals surface area contributed by atoms with E-state index in [0.29, 0.717) is 65.8 Å². The SMILES string of the molecule is O=C(CCOCCOCCOCCOCNC(=O)CCC(=O)N1Cc2ccccc2C#Cc2ccccc21)NCCc1ccc(O)cc1. The van der Waals surface area contributed by atoms with Crippen molar-refractivity contribution in [3.63, 3.8) is 0 Å². The second-order valence-electron chi connectivity index (χ2n) is 10.9. The van der Waals surface area contributed by atoms with Crippen molar-refractivity contribution >= 4 is 23.4 Å². The largest absolute Gasteiger partial charge is 0.508 e. The van der Waals surface area contributed by atoms with Gasteiger partial charge in [0, 0.05) is 36.9 Å². The lowest BCUT2D eigenvalue weighted by molar-refractivity contribution is -0.126. The fourth-order valence-electron chi connectivity index (χ4n) is 4.78. The standard InChI is InChI=1S/C37H43N3O8/c41-33-13-9-29(10-14-33)17-19-38-36(43)18-20-45-21-22-46-23-24-47-25-26-48-28-39-35(42)15-16-37(44)40-27-32-7-2-1-5-30(32)11-12-31-6-3-4-8-34(31)40/h1-10,13-14,41H,15-28H2,(H,38,43)(H,39,42). The summed E-state index contributed by atoms with van der Waals surface area (Å²) >= 11 is 0. The van der Waals surface area contributed by atoms with E-state index in [1.165, 1.54) is 0 Å². The fraction of sp³-hybridized carbons (Fsp3) is 0.378. The number of para-hydroxylation sites is 1. The van der Waals surface area contributed by atoms with Crippen LogP contribution in [-0.2, 0) is 46.3 Å². The predicted octanol–water partition coefficient (Wildman–Crippen LogP) is 3.31. The van der Waals surface area contributed by atoms with Gasteiger partial charge in [-0.3, -0.25) is 14.4 Å². The molecule has 3 aromatic carbocycles. The van der Waals surface area contributed by atoms with E-state index in [0.717, 1.165) is 27.9 Å². The fourth-order valence-corrected chi connectivity index (χ4v) is 4.78. The maximum absolute atomic E-state index is 13.2. The van der Waals surface area contributed by atoms with E-state index in [-0.39, 0.29) is 49.5 Å². The second-order valence-corrected chi connectivity index (χ2v) is 10.9. The van der Waals surface area contributed by atoms with Gasteiger partial charge in [-0.25, -0.2) is 0 Å². The molecule has 0 fully saturated rings. The number of nitrogens with one attached hydrogen (secondary N) is 2. The highest BCUT2D eigenvalue weighted by atomic mass is 16.6. The number of carbonyl (C=O) groups is 3. The first kappa shape index (κ1) is 36.1. The van der Waals surface area contributed by atoms with Crippen LogP contribution in [0.4, 0.5) is 5.69 Å². The summed E-state index contributed by atoms with van der Waals surface area (Å²) < 4.78 is 21.8. The van der Waals surface area contributed by atoms with Gasteiger partial charge in [-0.05, 0) is 47.9 Å². The third-order valence-corrected chi connectivity index (χ3v) is 7.37. The molecule has 48 heavy (non-hydrogen) atoms. The Morgan fingerprint density at radius 3 is 2.02 bits per heavy atom. The molecule has 0 saturated carbocycles. The van der Waals surface area contributed by atoms with Crippen LogP contribution in [0.25, 0.3) is 0 Å². The summed E-state index contributed by atoms with van der Waals surface area (Å²) in [6, 6.07) is 22.2. The van der Waals surface area contributed by atoms with Crippen molar-refractivity contribution in [3.8, 4) is 17.6 Å². The molecule has 0 saturated heterocycles. The number of nitrogens with zero attached hydrogens (tertiary/aromatic N) is 1. The Morgan fingerprint density at radius 1 is 0.667 bits per heavy atom. The number of phenols is 1. The van der Waals surface area contributed by atoms with Crippen LogP contribution in [0.3, 0.4) is 0 Å². The molecule has 0 aromatic heterocycles. The van der Waals surface area contributed by atoms with Crippen LogP contribution in [0.2, 0.25) is 0 Å². The Morgan fingerprint density at radius 2 is 1.27 bits per heavy atom. The van der Waals surface area contributed by atoms with Gasteiger partial charge in [-0.2, -0.15) is 0 Å². The highest BCUT2D eigenvalue weighted by Gasteiger charge is 2.21. The molecule has 11 nitrogen and oxygen atoms in total. The number of carbonyl (C=O) groups excluding carboxylic acids is 3. The van der Waals surface area contributed by atoms with Crippen LogP contribution in [0, 0.1) is 11.8 Å². The number of phenolic OH excluding ortho intramolecular Hbond substituents is 1. The van der Waals surface area contributed by atoms with E-state index >= 15 is 0 Å². The molecule has 0 bridgehead atoms. The molecule has 11 heteroatoms. The van der Waals surface area contributed by atoms with Crippen molar-refractivity contribution < 1.29 is 38.4 Å². The summed E-state index contributed by atoms with van der Waals surface area (Å²) in [4.78, 5) is 39.2. The van der Waals surface area contributed by atoms with Crippen LogP contribution in [0.5, 0.6) is 5.75 Å². The lowest BCUT2D eigenvalue weighted by Gasteiger charge is -2.26. The zero-order valence-corrected chi connectivity index (χ0v) is 27.1. The molecule has 0 atom stereocenters. The van der Waals surface area contributed by atoms with Gasteiger partial charge in [-0.15, -0.1) is 0 Å². The van der Waals surface area contributed by atoms with Gasteiger partial charge in [0.1, 0.15) is 12.5 Å². The number of fused-ring (bicyclic) bond motifs is 2. The number of anilines is 1. The lowest BCUT2D eigenvalue weighted by atomic mass is 10.0. The summed E-state index contributed by atoms with van der Waals surface area (Å²) in [7, 11) is 0. The minimum atomic E-state index is -0.272. The van der Waals surface area contributed by atoms with E-state index in [1.807, 2.05) is 60.7 Å². The second kappa shape index (κ2) is 20.5. The third kappa shape index (κ3) is 12.8. The van der Waals surface area contributed by atoms with Gasteiger partial charge in [-0.1, -0.05) is 54.3 Å². The molecule has 1 aliphatic heterocycles. The van der Waals surface area contributed by atoms with Crippen molar-refractivity contribution in [2.24, 2.45) is 0 Å². The van der Waals surface area contributed by atoms with E-state index in [9.17, 15) is 19.5 Å². The highest BCUT2D eigenvalue weighted by molar-refractivity contribution is 5.96. The molecule has 254 valence electrons. The Hall–Kier alpha value is -4.73. The molecule has 0 aliphatic carbocycles. The molecule has 0 radical (unpaired) electrons. The number of hydrogen-bond acceptors (Lipinski definition) is 8. The first-order valence-electron chi connectivity index (χ1n) is 16.1. The molecule has 4 rings (SSSR count). The summed E-state index contributed by atoms with van der Waals surface area (Å²) in [5, 5.41) is 14.8. The van der Waals surface area contributed by atoms with Crippen molar-refractivity contribution in [1.29, 1.82) is 0 Å². The number of amides is 3. The van der Waals surface area contributed by atoms with E-state index in [4.69, 9.17) is 18.9 Å². The topological polar surface area (TPSA) is 136 Å². The van der Waals surface area contributed by atoms with Gasteiger partial charge in [0.15, 0.2) is 0 Å². The van der Waals surface area contributed by atoms with Gasteiger partial charge >= 0.3 is 0 Å². The van der Waals surface area contributed by atoms with E-state index < -0.39 is 0 Å². The number of ether oxygens (including phenoxy) is 4.